The highest BCUT2D eigenvalue weighted by Gasteiger charge is 2.31. The maximum atomic E-state index is 14.0. The molecule has 0 spiro atoms. The fourth-order valence-corrected chi connectivity index (χ4v) is 6.18. The Balaban J connectivity index is 0.000000968. The molecule has 7 nitrogen and oxygen atoms in total. The van der Waals surface area contributed by atoms with E-state index >= 15 is 0 Å². The number of carbonyl (C=O) groups is 1. The normalized spacial score (nSPS) is 17.1. The zero-order valence-corrected chi connectivity index (χ0v) is 29.5. The number of carboxylic acid groups (broad SMARTS) is 1. The maximum absolute atomic E-state index is 14.0. The van der Waals surface area contributed by atoms with Crippen LogP contribution < -0.4 is 9.64 Å². The third-order valence-corrected chi connectivity index (χ3v) is 8.92. The molecular weight excluding hydrogens is 612 g/mol. The molecule has 2 N–H and O–H groups in total. The van der Waals surface area contributed by atoms with Gasteiger partial charge in [-0.3, -0.25) is 14.7 Å². The number of benzene rings is 2. The van der Waals surface area contributed by atoms with Gasteiger partial charge in [0, 0.05) is 56.0 Å². The fraction of sp³-hybridized carbons (Fsp3) is 0.538. The number of alkyl halides is 1. The van der Waals surface area contributed by atoms with Crippen LogP contribution in [0.4, 0.5) is 14.5 Å². The van der Waals surface area contributed by atoms with E-state index < -0.39 is 17.7 Å². The Morgan fingerprint density at radius 1 is 1.00 bits per heavy atom. The fourth-order valence-electron chi connectivity index (χ4n) is 6.18. The van der Waals surface area contributed by atoms with Gasteiger partial charge >= 0.3 is 5.97 Å². The molecule has 2 fully saturated rings. The summed E-state index contributed by atoms with van der Waals surface area (Å²) in [6.07, 6.45) is 2.87. The summed E-state index contributed by atoms with van der Waals surface area (Å²) in [6.45, 7) is 15.8. The van der Waals surface area contributed by atoms with E-state index in [1.165, 1.54) is 12.1 Å². The summed E-state index contributed by atoms with van der Waals surface area (Å²) in [5, 5.41) is 18.4. The molecule has 2 aliphatic heterocycles. The lowest BCUT2D eigenvalue weighted by Crippen LogP contribution is -2.39. The lowest BCUT2D eigenvalue weighted by Gasteiger charge is -2.40. The summed E-state index contributed by atoms with van der Waals surface area (Å²) in [4.78, 5) is 21.7. The number of piperidine rings is 2. The molecule has 0 unspecified atom stereocenters. The molecular formula is C39H53F2N3O4. The SMILES string of the molecule is CC(C)(C)O.Cc1nc(CN2CCC(F)CC2)c(-c2ccc(OCCc3ccc(F)cc3)cc2)c(N2CCC(C)(C)CC2)c1CC(=O)O. The van der Waals surface area contributed by atoms with Crippen molar-refractivity contribution in [2.24, 2.45) is 5.41 Å². The minimum absolute atomic E-state index is 0.0981. The van der Waals surface area contributed by atoms with E-state index in [1.54, 1.807) is 32.9 Å². The first-order valence-corrected chi connectivity index (χ1v) is 17.1. The second-order valence-electron chi connectivity index (χ2n) is 14.9. The average Bonchev–Trinajstić information content (AvgIpc) is 3.00. The van der Waals surface area contributed by atoms with Crippen molar-refractivity contribution in [1.82, 2.24) is 9.88 Å². The molecule has 3 heterocycles. The van der Waals surface area contributed by atoms with Crippen molar-refractivity contribution in [2.45, 2.75) is 98.4 Å². The molecule has 0 bridgehead atoms. The number of hydrogen-bond acceptors (Lipinski definition) is 6. The number of likely N-dealkylation sites (tertiary alicyclic amines) is 1. The van der Waals surface area contributed by atoms with Crippen LogP contribution in [0.2, 0.25) is 0 Å². The van der Waals surface area contributed by atoms with Crippen LogP contribution in [0, 0.1) is 18.2 Å². The standard InChI is InChI=1S/C35H43F2N3O3.C4H10O/c1-24-30(22-32(41)42)34(40-19-15-35(2,3)16-20-40)33(31(38-24)23-39-17-12-28(37)13-18-39)26-6-10-29(11-7-26)43-21-14-25-4-8-27(36)9-5-25;1-4(2,3)5/h4-11,28H,12-23H2,1-3H3,(H,41,42);5H,1-3H3. The zero-order valence-electron chi connectivity index (χ0n) is 29.5. The minimum Gasteiger partial charge on any atom is -0.493 e. The van der Waals surface area contributed by atoms with Crippen molar-refractivity contribution < 1.29 is 28.5 Å². The second-order valence-corrected chi connectivity index (χ2v) is 14.9. The average molecular weight is 666 g/mol. The van der Waals surface area contributed by atoms with Gasteiger partial charge in [-0.15, -0.1) is 0 Å². The number of aromatic nitrogens is 1. The third kappa shape index (κ3) is 11.3. The number of halogens is 2. The quantitative estimate of drug-likeness (QED) is 0.229. The summed E-state index contributed by atoms with van der Waals surface area (Å²) in [7, 11) is 0. The van der Waals surface area contributed by atoms with Crippen molar-refractivity contribution in [3.63, 3.8) is 0 Å². The Morgan fingerprint density at radius 2 is 1.58 bits per heavy atom. The van der Waals surface area contributed by atoms with Crippen LogP contribution >= 0.6 is 0 Å². The van der Waals surface area contributed by atoms with Gasteiger partial charge in [-0.05, 0) is 94.2 Å². The number of anilines is 1. The number of rotatable bonds is 10. The highest BCUT2D eigenvalue weighted by atomic mass is 19.1. The summed E-state index contributed by atoms with van der Waals surface area (Å²) < 4.78 is 33.2. The Labute approximate surface area is 285 Å². The minimum atomic E-state index is -0.878. The number of aliphatic carboxylic acids is 1. The first-order chi connectivity index (χ1) is 22.6. The molecule has 0 saturated carbocycles. The van der Waals surface area contributed by atoms with E-state index in [9.17, 15) is 18.7 Å². The van der Waals surface area contributed by atoms with Gasteiger partial charge in [-0.2, -0.15) is 0 Å². The molecule has 1 aromatic heterocycles. The molecule has 3 aromatic rings. The Bertz CT molecular complexity index is 1480. The number of carboxylic acids is 1. The first-order valence-electron chi connectivity index (χ1n) is 17.1. The van der Waals surface area contributed by atoms with Crippen molar-refractivity contribution >= 4 is 11.7 Å². The van der Waals surface area contributed by atoms with Crippen molar-refractivity contribution in [1.29, 1.82) is 0 Å². The molecule has 9 heteroatoms. The van der Waals surface area contributed by atoms with Crippen LogP contribution in [0.3, 0.4) is 0 Å². The molecule has 2 aliphatic rings. The number of aliphatic hydroxyl groups is 1. The maximum Gasteiger partial charge on any atom is 0.307 e. The Morgan fingerprint density at radius 3 is 2.15 bits per heavy atom. The van der Waals surface area contributed by atoms with Gasteiger partial charge in [0.25, 0.3) is 0 Å². The molecule has 5 rings (SSSR count). The van der Waals surface area contributed by atoms with Crippen molar-refractivity contribution in [2.75, 3.05) is 37.7 Å². The zero-order chi connectivity index (χ0) is 35.1. The van der Waals surface area contributed by atoms with Crippen LogP contribution in [-0.4, -0.2) is 70.6 Å². The van der Waals surface area contributed by atoms with Gasteiger partial charge in [0.15, 0.2) is 0 Å². The van der Waals surface area contributed by atoms with Gasteiger partial charge < -0.3 is 19.8 Å². The molecule has 262 valence electrons. The molecule has 48 heavy (non-hydrogen) atoms. The molecule has 0 amide bonds. The molecule has 0 radical (unpaired) electrons. The number of ether oxygens (including phenoxy) is 1. The highest BCUT2D eigenvalue weighted by Crippen LogP contribution is 2.42. The third-order valence-electron chi connectivity index (χ3n) is 8.92. The van der Waals surface area contributed by atoms with Crippen LogP contribution in [0.15, 0.2) is 48.5 Å². The Kier molecular flexibility index (Phi) is 12.6. The largest absolute Gasteiger partial charge is 0.493 e. The summed E-state index contributed by atoms with van der Waals surface area (Å²) >= 11 is 0. The summed E-state index contributed by atoms with van der Waals surface area (Å²) in [5.74, 6) is -0.405. The molecule has 0 atom stereocenters. The number of nitrogens with zero attached hydrogens (tertiary/aromatic N) is 3. The van der Waals surface area contributed by atoms with Gasteiger partial charge in [-0.25, -0.2) is 8.78 Å². The van der Waals surface area contributed by atoms with E-state index in [-0.39, 0.29) is 17.7 Å². The predicted molar refractivity (Wildman–Crippen MR) is 188 cm³/mol. The molecule has 2 aromatic carbocycles. The molecule has 0 aliphatic carbocycles. The van der Waals surface area contributed by atoms with E-state index in [2.05, 4.69) is 23.6 Å². The summed E-state index contributed by atoms with van der Waals surface area (Å²) in [6, 6.07) is 14.4. The van der Waals surface area contributed by atoms with Gasteiger partial charge in [0.2, 0.25) is 0 Å². The van der Waals surface area contributed by atoms with Crippen LogP contribution in [0.5, 0.6) is 5.75 Å². The second kappa shape index (κ2) is 16.2. The van der Waals surface area contributed by atoms with Gasteiger partial charge in [0.05, 0.1) is 30.0 Å². The van der Waals surface area contributed by atoms with Gasteiger partial charge in [-0.1, -0.05) is 38.1 Å². The van der Waals surface area contributed by atoms with Crippen molar-refractivity contribution in [3.8, 4) is 16.9 Å². The number of hydrogen-bond donors (Lipinski definition) is 2. The number of pyridine rings is 1. The van der Waals surface area contributed by atoms with E-state index in [4.69, 9.17) is 14.8 Å². The monoisotopic (exact) mass is 665 g/mol. The highest BCUT2D eigenvalue weighted by molar-refractivity contribution is 5.86. The summed E-state index contributed by atoms with van der Waals surface area (Å²) in [5.41, 5.74) is 6.01. The molecule has 2 saturated heterocycles. The predicted octanol–water partition coefficient (Wildman–Crippen LogP) is 7.78. The van der Waals surface area contributed by atoms with Gasteiger partial charge in [0.1, 0.15) is 17.7 Å². The first kappa shape index (κ1) is 37.3. The van der Waals surface area contributed by atoms with Crippen LogP contribution in [0.1, 0.15) is 82.8 Å². The van der Waals surface area contributed by atoms with E-state index in [0.29, 0.717) is 45.5 Å². The van der Waals surface area contributed by atoms with E-state index in [0.717, 1.165) is 71.0 Å². The Hall–Kier alpha value is -3.56. The lowest BCUT2D eigenvalue weighted by atomic mass is 9.82. The van der Waals surface area contributed by atoms with E-state index in [1.807, 2.05) is 31.2 Å². The van der Waals surface area contributed by atoms with Crippen LogP contribution in [-0.2, 0) is 24.2 Å². The number of aryl methyl sites for hydroxylation is 1. The topological polar surface area (TPSA) is 86.1 Å². The van der Waals surface area contributed by atoms with Crippen LogP contribution in [0.25, 0.3) is 11.1 Å². The van der Waals surface area contributed by atoms with Crippen molar-refractivity contribution in [3.05, 3.63) is 76.9 Å². The smallest absolute Gasteiger partial charge is 0.307 e. The lowest BCUT2D eigenvalue weighted by molar-refractivity contribution is -0.136.